The molecule has 1 aromatic carbocycles. The fraction of sp³-hybridized carbons (Fsp3) is 0.364. The first-order valence-electron chi connectivity index (χ1n) is 8.97. The van der Waals surface area contributed by atoms with E-state index in [-0.39, 0.29) is 11.3 Å². The summed E-state index contributed by atoms with van der Waals surface area (Å²) < 4.78 is 45.1. The Kier molecular flexibility index (Phi) is 7.80. The van der Waals surface area contributed by atoms with Crippen LogP contribution >= 0.6 is 0 Å². The number of carbonyl (C=O) groups is 2. The lowest BCUT2D eigenvalue weighted by Gasteiger charge is -2.27. The monoisotopic (exact) mass is 425 g/mol. The smallest absolute Gasteiger partial charge is 0.417 e. The number of hydrogen-bond acceptors (Lipinski definition) is 3. The van der Waals surface area contributed by atoms with E-state index in [0.29, 0.717) is 5.57 Å². The van der Waals surface area contributed by atoms with Crippen LogP contribution in [-0.4, -0.2) is 40.6 Å². The highest BCUT2D eigenvalue weighted by Gasteiger charge is 2.35. The zero-order chi connectivity index (χ0) is 23.4. The van der Waals surface area contributed by atoms with Crippen LogP contribution in [0.1, 0.15) is 43.6 Å². The third kappa shape index (κ3) is 6.59. The van der Waals surface area contributed by atoms with E-state index in [0.717, 1.165) is 17.0 Å². The number of carbonyl (C=O) groups excluding carboxylic acids is 1. The molecule has 1 amide bonds. The maximum Gasteiger partial charge on any atom is 0.417 e. The van der Waals surface area contributed by atoms with Crippen molar-refractivity contribution < 1.29 is 32.6 Å². The van der Waals surface area contributed by atoms with Crippen LogP contribution in [0.2, 0.25) is 0 Å². The highest BCUT2D eigenvalue weighted by molar-refractivity contribution is 5.97. The average molecular weight is 425 g/mol. The topological polar surface area (TPSA) is 66.8 Å². The van der Waals surface area contributed by atoms with Crippen LogP contribution in [-0.2, 0) is 15.7 Å². The molecule has 0 aliphatic carbocycles. The summed E-state index contributed by atoms with van der Waals surface area (Å²) >= 11 is 0. The molecule has 1 atom stereocenters. The summed E-state index contributed by atoms with van der Waals surface area (Å²) in [5.41, 5.74) is -1.76. The van der Waals surface area contributed by atoms with Gasteiger partial charge in [0.1, 0.15) is 0 Å². The zero-order valence-electron chi connectivity index (χ0n) is 17.6. The number of hydrogen-bond donors (Lipinski definition) is 1. The summed E-state index contributed by atoms with van der Waals surface area (Å²) in [6, 6.07) is 4.45. The number of likely N-dealkylation sites (N-methyl/N-ethyl adjacent to an activating group) is 1. The molecule has 1 rings (SSSR count). The second-order valence-electron chi connectivity index (χ2n) is 7.70. The second kappa shape index (κ2) is 9.30. The van der Waals surface area contributed by atoms with Crippen molar-refractivity contribution in [1.29, 1.82) is 0 Å². The molecule has 5 nitrogen and oxygen atoms in total. The Morgan fingerprint density at radius 3 is 2.17 bits per heavy atom. The Morgan fingerprint density at radius 1 is 1.17 bits per heavy atom. The van der Waals surface area contributed by atoms with Crippen molar-refractivity contribution >= 4 is 11.9 Å². The summed E-state index contributed by atoms with van der Waals surface area (Å²) in [6.45, 7) is 14.1. The van der Waals surface area contributed by atoms with Gasteiger partial charge in [-0.05, 0) is 57.0 Å². The van der Waals surface area contributed by atoms with Crippen LogP contribution < -0.4 is 0 Å². The Labute approximate surface area is 174 Å². The van der Waals surface area contributed by atoms with E-state index in [1.165, 1.54) is 25.3 Å². The standard InChI is InChI=1S/C22H26F3NO4/c1-13(15(3)18(20(28)29)30-21(4,5)6)12-14(2)26(7)19(27)16-10-8-9-11-17(16)22(23,24)25/h8-12,18H,2-3H2,1,4-7H3,(H,28,29)/b13-12-/t18-/m0/s1. The number of aliphatic carboxylic acids is 1. The third-order valence-electron chi connectivity index (χ3n) is 4.10. The van der Waals surface area contributed by atoms with Crippen molar-refractivity contribution in [2.75, 3.05) is 7.05 Å². The van der Waals surface area contributed by atoms with Crippen molar-refractivity contribution in [2.45, 2.75) is 45.6 Å². The molecule has 0 aromatic heterocycles. The molecule has 0 saturated carbocycles. The van der Waals surface area contributed by atoms with Gasteiger partial charge in [-0.3, -0.25) is 4.79 Å². The van der Waals surface area contributed by atoms with Gasteiger partial charge in [0.25, 0.3) is 5.91 Å². The number of rotatable bonds is 7. The fourth-order valence-electron chi connectivity index (χ4n) is 2.50. The van der Waals surface area contributed by atoms with Gasteiger partial charge in [0.05, 0.1) is 16.7 Å². The van der Waals surface area contributed by atoms with E-state index in [1.54, 1.807) is 27.7 Å². The molecule has 0 aliphatic heterocycles. The quantitative estimate of drug-likeness (QED) is 0.620. The summed E-state index contributed by atoms with van der Waals surface area (Å²) in [5, 5.41) is 9.44. The lowest BCUT2D eigenvalue weighted by molar-refractivity contribution is -0.155. The third-order valence-corrected chi connectivity index (χ3v) is 4.10. The predicted molar refractivity (Wildman–Crippen MR) is 108 cm³/mol. The molecule has 0 spiro atoms. The number of carboxylic acids is 1. The first-order chi connectivity index (χ1) is 13.6. The summed E-state index contributed by atoms with van der Waals surface area (Å²) in [7, 11) is 1.28. The molecule has 164 valence electrons. The normalized spacial score (nSPS) is 13.5. The van der Waals surface area contributed by atoms with E-state index in [4.69, 9.17) is 4.74 Å². The first-order valence-corrected chi connectivity index (χ1v) is 8.97. The van der Waals surface area contributed by atoms with Gasteiger partial charge in [-0.1, -0.05) is 25.3 Å². The van der Waals surface area contributed by atoms with Gasteiger partial charge >= 0.3 is 12.1 Å². The van der Waals surface area contributed by atoms with Gasteiger partial charge in [0, 0.05) is 12.7 Å². The van der Waals surface area contributed by atoms with E-state index < -0.39 is 40.9 Å². The maximum atomic E-state index is 13.2. The zero-order valence-corrected chi connectivity index (χ0v) is 17.6. The van der Waals surface area contributed by atoms with Gasteiger partial charge in [-0.15, -0.1) is 0 Å². The Balaban J connectivity index is 3.13. The fourth-order valence-corrected chi connectivity index (χ4v) is 2.50. The van der Waals surface area contributed by atoms with Crippen LogP contribution in [0.3, 0.4) is 0 Å². The molecule has 0 fully saturated rings. The number of benzene rings is 1. The number of nitrogens with zero attached hydrogens (tertiary/aromatic N) is 1. The molecule has 0 unspecified atom stereocenters. The molecule has 0 aliphatic rings. The summed E-state index contributed by atoms with van der Waals surface area (Å²) in [4.78, 5) is 25.2. The number of alkyl halides is 3. The van der Waals surface area contributed by atoms with Crippen molar-refractivity contribution in [1.82, 2.24) is 4.90 Å². The Bertz CT molecular complexity index is 879. The number of carboxylic acid groups (broad SMARTS) is 1. The molecule has 0 radical (unpaired) electrons. The highest BCUT2D eigenvalue weighted by Crippen LogP contribution is 2.32. The van der Waals surface area contributed by atoms with E-state index in [2.05, 4.69) is 13.2 Å². The molecule has 0 saturated heterocycles. The molecule has 30 heavy (non-hydrogen) atoms. The minimum Gasteiger partial charge on any atom is -0.479 e. The second-order valence-corrected chi connectivity index (χ2v) is 7.70. The van der Waals surface area contributed by atoms with Crippen molar-refractivity contribution in [3.63, 3.8) is 0 Å². The minimum absolute atomic E-state index is 0.0653. The molecule has 1 aromatic rings. The first kappa shape index (κ1) is 25.2. The van der Waals surface area contributed by atoms with Gasteiger partial charge in [0.15, 0.2) is 6.10 Å². The SMILES string of the molecule is C=C(/C(C)=C\C(=C)N(C)C(=O)c1ccccc1C(F)(F)F)[C@H](OC(C)(C)C)C(=O)O. The van der Waals surface area contributed by atoms with Crippen LogP contribution in [0.15, 0.2) is 60.3 Å². The Hall–Kier alpha value is -2.87. The summed E-state index contributed by atoms with van der Waals surface area (Å²) in [6.07, 6.45) is -4.65. The summed E-state index contributed by atoms with van der Waals surface area (Å²) in [5.74, 6) is -2.14. The van der Waals surface area contributed by atoms with Gasteiger partial charge in [0.2, 0.25) is 0 Å². The predicted octanol–water partition coefficient (Wildman–Crippen LogP) is 5.06. The number of amides is 1. The van der Waals surface area contributed by atoms with Crippen LogP contribution in [0.4, 0.5) is 13.2 Å². The molecule has 0 bridgehead atoms. The lowest BCUT2D eigenvalue weighted by atomic mass is 10.0. The largest absolute Gasteiger partial charge is 0.479 e. The molecule has 0 heterocycles. The van der Waals surface area contributed by atoms with Gasteiger partial charge in [-0.2, -0.15) is 13.2 Å². The molecule has 1 N–H and O–H groups in total. The number of allylic oxidation sites excluding steroid dienone is 1. The van der Waals surface area contributed by atoms with Gasteiger partial charge in [-0.25, -0.2) is 4.79 Å². The molecular formula is C22H26F3NO4. The van der Waals surface area contributed by atoms with Crippen LogP contribution in [0.5, 0.6) is 0 Å². The van der Waals surface area contributed by atoms with Crippen molar-refractivity contribution in [2.24, 2.45) is 0 Å². The van der Waals surface area contributed by atoms with E-state index >= 15 is 0 Å². The number of halogens is 3. The highest BCUT2D eigenvalue weighted by atomic mass is 19.4. The number of ether oxygens (including phenoxy) is 1. The molecule has 8 heteroatoms. The van der Waals surface area contributed by atoms with E-state index in [1.807, 2.05) is 0 Å². The maximum absolute atomic E-state index is 13.2. The lowest BCUT2D eigenvalue weighted by Crippen LogP contribution is -2.34. The Morgan fingerprint density at radius 2 is 1.70 bits per heavy atom. The van der Waals surface area contributed by atoms with Crippen molar-refractivity contribution in [3.8, 4) is 0 Å². The minimum atomic E-state index is -4.69. The van der Waals surface area contributed by atoms with Crippen molar-refractivity contribution in [3.05, 3.63) is 71.5 Å². The van der Waals surface area contributed by atoms with E-state index in [9.17, 15) is 27.9 Å². The average Bonchev–Trinajstić information content (AvgIpc) is 2.62. The van der Waals surface area contributed by atoms with Crippen LogP contribution in [0, 0.1) is 0 Å². The van der Waals surface area contributed by atoms with Gasteiger partial charge < -0.3 is 14.7 Å². The molecular weight excluding hydrogens is 399 g/mol. The van der Waals surface area contributed by atoms with Crippen LogP contribution in [0.25, 0.3) is 0 Å².